The van der Waals surface area contributed by atoms with E-state index in [0.29, 0.717) is 6.04 Å². The molecule has 2 heteroatoms. The summed E-state index contributed by atoms with van der Waals surface area (Å²) in [6.45, 7) is 4.04. The fourth-order valence-electron chi connectivity index (χ4n) is 3.62. The lowest BCUT2D eigenvalue weighted by Crippen LogP contribution is -2.18. The van der Waals surface area contributed by atoms with E-state index in [1.807, 2.05) is 0 Å². The van der Waals surface area contributed by atoms with Gasteiger partial charge in [-0.05, 0) is 59.3 Å². The summed E-state index contributed by atoms with van der Waals surface area (Å²) in [6.07, 6.45) is 3.45. The molecule has 2 nitrogen and oxygen atoms in total. The van der Waals surface area contributed by atoms with Crippen molar-refractivity contribution in [2.75, 3.05) is 13.2 Å². The number of fused-ring (bicyclic) bond motifs is 2. The van der Waals surface area contributed by atoms with Crippen LogP contribution in [0.4, 0.5) is 0 Å². The van der Waals surface area contributed by atoms with E-state index in [0.717, 1.165) is 25.3 Å². The van der Waals surface area contributed by atoms with Gasteiger partial charge >= 0.3 is 0 Å². The first-order valence-electron chi connectivity index (χ1n) is 7.97. The first-order chi connectivity index (χ1) is 10.3. The quantitative estimate of drug-likeness (QED) is 0.920. The molecular weight excluding hydrogens is 258 g/mol. The molecule has 21 heavy (non-hydrogen) atoms. The van der Waals surface area contributed by atoms with Gasteiger partial charge in [-0.15, -0.1) is 0 Å². The van der Waals surface area contributed by atoms with E-state index in [9.17, 15) is 0 Å². The Morgan fingerprint density at radius 1 is 1.05 bits per heavy atom. The summed E-state index contributed by atoms with van der Waals surface area (Å²) in [4.78, 5) is 0. The van der Waals surface area contributed by atoms with Crippen molar-refractivity contribution in [2.45, 2.75) is 32.2 Å². The van der Waals surface area contributed by atoms with Crippen LogP contribution in [0.2, 0.25) is 0 Å². The highest BCUT2D eigenvalue weighted by molar-refractivity contribution is 5.68. The Kier molecular flexibility index (Phi) is 3.19. The number of ether oxygens (including phenoxy) is 1. The topological polar surface area (TPSA) is 21.3 Å². The largest absolute Gasteiger partial charge is 0.493 e. The molecule has 0 spiro atoms. The highest BCUT2D eigenvalue weighted by Gasteiger charge is 2.22. The van der Waals surface area contributed by atoms with Gasteiger partial charge in [0.05, 0.1) is 6.61 Å². The van der Waals surface area contributed by atoms with Gasteiger partial charge in [0.2, 0.25) is 0 Å². The number of aryl methyl sites for hydroxylation is 1. The number of hydrogen-bond acceptors (Lipinski definition) is 2. The highest BCUT2D eigenvalue weighted by Crippen LogP contribution is 2.36. The SMILES string of the molecule is CCNC1CCc2cc(-c3ccc4c(c3)CCO4)ccc21. The van der Waals surface area contributed by atoms with Gasteiger partial charge in [-0.3, -0.25) is 0 Å². The summed E-state index contributed by atoms with van der Waals surface area (Å²) >= 11 is 0. The monoisotopic (exact) mass is 279 g/mol. The van der Waals surface area contributed by atoms with Crippen LogP contribution >= 0.6 is 0 Å². The van der Waals surface area contributed by atoms with E-state index in [2.05, 4.69) is 48.6 Å². The first kappa shape index (κ1) is 12.9. The molecule has 2 aromatic carbocycles. The molecule has 1 aliphatic carbocycles. The highest BCUT2D eigenvalue weighted by atomic mass is 16.5. The van der Waals surface area contributed by atoms with Crippen LogP contribution in [0.15, 0.2) is 36.4 Å². The molecule has 0 fully saturated rings. The maximum atomic E-state index is 5.60. The van der Waals surface area contributed by atoms with Crippen molar-refractivity contribution in [2.24, 2.45) is 0 Å². The zero-order valence-electron chi connectivity index (χ0n) is 12.5. The number of benzene rings is 2. The van der Waals surface area contributed by atoms with E-state index < -0.39 is 0 Å². The molecule has 1 N–H and O–H groups in total. The molecule has 2 aromatic rings. The van der Waals surface area contributed by atoms with E-state index in [1.165, 1.54) is 40.7 Å². The Hall–Kier alpha value is -1.80. The third kappa shape index (κ3) is 2.24. The fraction of sp³-hybridized carbons (Fsp3) is 0.368. The zero-order valence-corrected chi connectivity index (χ0v) is 12.5. The van der Waals surface area contributed by atoms with Crippen LogP contribution in [0.3, 0.4) is 0 Å². The smallest absolute Gasteiger partial charge is 0.122 e. The van der Waals surface area contributed by atoms with Crippen molar-refractivity contribution in [1.82, 2.24) is 5.32 Å². The van der Waals surface area contributed by atoms with Gasteiger partial charge in [0.1, 0.15) is 5.75 Å². The minimum Gasteiger partial charge on any atom is -0.493 e. The van der Waals surface area contributed by atoms with E-state index in [-0.39, 0.29) is 0 Å². The first-order valence-corrected chi connectivity index (χ1v) is 7.97. The summed E-state index contributed by atoms with van der Waals surface area (Å²) in [6, 6.07) is 14.1. The van der Waals surface area contributed by atoms with Crippen LogP contribution in [0, 0.1) is 0 Å². The predicted octanol–water partition coefficient (Wildman–Crippen LogP) is 3.89. The Morgan fingerprint density at radius 3 is 2.71 bits per heavy atom. The molecule has 0 amide bonds. The normalized spacial score (nSPS) is 19.2. The fourth-order valence-corrected chi connectivity index (χ4v) is 3.62. The van der Waals surface area contributed by atoms with Crippen LogP contribution in [-0.2, 0) is 12.8 Å². The zero-order chi connectivity index (χ0) is 14.2. The molecular formula is C19H21NO. The number of rotatable bonds is 3. The van der Waals surface area contributed by atoms with Gasteiger partial charge in [0, 0.05) is 12.5 Å². The number of hydrogen-bond donors (Lipinski definition) is 1. The van der Waals surface area contributed by atoms with Crippen molar-refractivity contribution in [1.29, 1.82) is 0 Å². The molecule has 1 atom stereocenters. The molecule has 4 rings (SSSR count). The molecule has 2 aliphatic rings. The lowest BCUT2D eigenvalue weighted by Gasteiger charge is -2.13. The average Bonchev–Trinajstić information content (AvgIpc) is 3.13. The van der Waals surface area contributed by atoms with Crippen LogP contribution in [0.1, 0.15) is 36.1 Å². The van der Waals surface area contributed by atoms with Gasteiger partial charge in [0.15, 0.2) is 0 Å². The van der Waals surface area contributed by atoms with Crippen LogP contribution in [0.25, 0.3) is 11.1 Å². The average molecular weight is 279 g/mol. The molecule has 0 aromatic heterocycles. The molecule has 1 heterocycles. The van der Waals surface area contributed by atoms with E-state index in [1.54, 1.807) is 0 Å². The number of nitrogens with one attached hydrogen (secondary N) is 1. The van der Waals surface area contributed by atoms with Crippen molar-refractivity contribution in [3.8, 4) is 16.9 Å². The molecule has 1 unspecified atom stereocenters. The maximum absolute atomic E-state index is 5.60. The minimum absolute atomic E-state index is 0.549. The van der Waals surface area contributed by atoms with Gasteiger partial charge in [0.25, 0.3) is 0 Å². The Bertz CT molecular complexity index is 677. The molecule has 0 saturated heterocycles. The summed E-state index contributed by atoms with van der Waals surface area (Å²) < 4.78 is 5.60. The summed E-state index contributed by atoms with van der Waals surface area (Å²) in [5.41, 5.74) is 6.99. The summed E-state index contributed by atoms with van der Waals surface area (Å²) in [5, 5.41) is 3.58. The Balaban J connectivity index is 1.68. The van der Waals surface area contributed by atoms with Crippen molar-refractivity contribution < 1.29 is 4.74 Å². The van der Waals surface area contributed by atoms with Crippen LogP contribution in [0.5, 0.6) is 5.75 Å². The van der Waals surface area contributed by atoms with Crippen LogP contribution in [-0.4, -0.2) is 13.2 Å². The predicted molar refractivity (Wildman–Crippen MR) is 85.8 cm³/mol. The van der Waals surface area contributed by atoms with Gasteiger partial charge in [-0.2, -0.15) is 0 Å². The lowest BCUT2D eigenvalue weighted by atomic mass is 9.98. The summed E-state index contributed by atoms with van der Waals surface area (Å²) in [5.74, 6) is 1.06. The van der Waals surface area contributed by atoms with Gasteiger partial charge < -0.3 is 10.1 Å². The van der Waals surface area contributed by atoms with Crippen molar-refractivity contribution in [3.05, 3.63) is 53.1 Å². The second-order valence-corrected chi connectivity index (χ2v) is 5.98. The third-order valence-electron chi connectivity index (χ3n) is 4.69. The molecule has 1 aliphatic heterocycles. The van der Waals surface area contributed by atoms with Crippen molar-refractivity contribution >= 4 is 0 Å². The second-order valence-electron chi connectivity index (χ2n) is 5.98. The third-order valence-corrected chi connectivity index (χ3v) is 4.69. The lowest BCUT2D eigenvalue weighted by molar-refractivity contribution is 0.357. The minimum atomic E-state index is 0.549. The van der Waals surface area contributed by atoms with E-state index >= 15 is 0 Å². The maximum Gasteiger partial charge on any atom is 0.122 e. The molecule has 108 valence electrons. The van der Waals surface area contributed by atoms with Crippen LogP contribution < -0.4 is 10.1 Å². The molecule has 0 saturated carbocycles. The molecule has 0 radical (unpaired) electrons. The molecule has 0 bridgehead atoms. The van der Waals surface area contributed by atoms with E-state index in [4.69, 9.17) is 4.74 Å². The second kappa shape index (κ2) is 5.19. The summed E-state index contributed by atoms with van der Waals surface area (Å²) in [7, 11) is 0. The van der Waals surface area contributed by atoms with Gasteiger partial charge in [-0.1, -0.05) is 31.2 Å². The van der Waals surface area contributed by atoms with Gasteiger partial charge in [-0.25, -0.2) is 0 Å². The standard InChI is InChI=1S/C19H21NO/c1-2-20-18-7-4-15-11-13(3-6-17(15)18)14-5-8-19-16(12-14)9-10-21-19/h3,5-6,8,11-12,18,20H,2,4,7,9-10H2,1H3. The Labute approximate surface area is 126 Å². The van der Waals surface area contributed by atoms with Crippen molar-refractivity contribution in [3.63, 3.8) is 0 Å². The Morgan fingerprint density at radius 2 is 1.86 bits per heavy atom.